The number of nitriles is 1. The number of nitrogens with one attached hydrogen (secondary N) is 1. The van der Waals surface area contributed by atoms with Crippen molar-refractivity contribution in [3.63, 3.8) is 0 Å². The normalized spacial score (nSPS) is 11.9. The SMILES string of the molecule is CCn1c(SC(C)C(=O)Nc2ccc(C#N)cc2)nc2scc(-c3cccs3)c2c1=O. The number of thiophene rings is 2. The van der Waals surface area contributed by atoms with E-state index in [9.17, 15) is 9.59 Å². The van der Waals surface area contributed by atoms with Gasteiger partial charge in [0.15, 0.2) is 5.16 Å². The average Bonchev–Trinajstić information content (AvgIpc) is 3.44. The van der Waals surface area contributed by atoms with E-state index in [0.717, 1.165) is 10.4 Å². The van der Waals surface area contributed by atoms with Gasteiger partial charge in [-0.3, -0.25) is 14.2 Å². The van der Waals surface area contributed by atoms with Crippen LogP contribution in [0.5, 0.6) is 0 Å². The van der Waals surface area contributed by atoms with Gasteiger partial charge in [0.2, 0.25) is 5.91 Å². The van der Waals surface area contributed by atoms with Crippen LogP contribution in [-0.4, -0.2) is 20.7 Å². The number of amides is 1. The number of carbonyl (C=O) groups excluding carboxylic acids is 1. The first-order valence-electron chi connectivity index (χ1n) is 9.55. The van der Waals surface area contributed by atoms with Crippen molar-refractivity contribution in [2.75, 3.05) is 5.32 Å². The van der Waals surface area contributed by atoms with Crippen LogP contribution in [0.3, 0.4) is 0 Å². The van der Waals surface area contributed by atoms with E-state index in [1.807, 2.05) is 29.8 Å². The molecular formula is C22H18N4O2S3. The monoisotopic (exact) mass is 466 g/mol. The summed E-state index contributed by atoms with van der Waals surface area (Å²) in [5.74, 6) is -0.197. The highest BCUT2D eigenvalue weighted by Crippen LogP contribution is 2.35. The number of benzene rings is 1. The van der Waals surface area contributed by atoms with E-state index in [1.165, 1.54) is 23.1 Å². The van der Waals surface area contributed by atoms with Crippen molar-refractivity contribution in [3.8, 4) is 16.5 Å². The van der Waals surface area contributed by atoms with Crippen LogP contribution in [0.25, 0.3) is 20.7 Å². The Kier molecular flexibility index (Phi) is 6.23. The quantitative estimate of drug-likeness (QED) is 0.312. The molecule has 156 valence electrons. The zero-order chi connectivity index (χ0) is 22.0. The number of aromatic nitrogens is 2. The number of hydrogen-bond acceptors (Lipinski definition) is 7. The third-order valence-electron chi connectivity index (χ3n) is 4.69. The van der Waals surface area contributed by atoms with Crippen LogP contribution in [-0.2, 0) is 11.3 Å². The molecule has 0 saturated heterocycles. The second kappa shape index (κ2) is 9.06. The van der Waals surface area contributed by atoms with Gasteiger partial charge in [0.05, 0.1) is 22.3 Å². The van der Waals surface area contributed by atoms with Gasteiger partial charge in [-0.05, 0) is 49.6 Å². The van der Waals surface area contributed by atoms with Crippen molar-refractivity contribution in [1.82, 2.24) is 9.55 Å². The number of hydrogen-bond donors (Lipinski definition) is 1. The van der Waals surface area contributed by atoms with Crippen molar-refractivity contribution in [2.24, 2.45) is 0 Å². The molecule has 0 spiro atoms. The summed E-state index contributed by atoms with van der Waals surface area (Å²) in [6, 6.07) is 12.7. The summed E-state index contributed by atoms with van der Waals surface area (Å²) in [6.45, 7) is 4.15. The van der Waals surface area contributed by atoms with Gasteiger partial charge < -0.3 is 5.32 Å². The molecule has 3 aromatic heterocycles. The molecule has 0 aliphatic rings. The van der Waals surface area contributed by atoms with Crippen LogP contribution in [0, 0.1) is 11.3 Å². The summed E-state index contributed by atoms with van der Waals surface area (Å²) in [5.41, 5.74) is 1.98. The lowest BCUT2D eigenvalue weighted by Crippen LogP contribution is -2.26. The number of fused-ring (bicyclic) bond motifs is 1. The molecule has 9 heteroatoms. The minimum atomic E-state index is -0.463. The Morgan fingerprint density at radius 2 is 2.06 bits per heavy atom. The summed E-state index contributed by atoms with van der Waals surface area (Å²) in [5, 5.41) is 16.4. The highest BCUT2D eigenvalue weighted by atomic mass is 32.2. The molecule has 4 aromatic rings. The van der Waals surface area contributed by atoms with Crippen LogP contribution in [0.1, 0.15) is 19.4 Å². The molecule has 0 bridgehead atoms. The molecule has 1 atom stereocenters. The van der Waals surface area contributed by atoms with Gasteiger partial charge in [0, 0.05) is 28.1 Å². The molecule has 0 fully saturated rings. The second-order valence-electron chi connectivity index (χ2n) is 6.69. The molecule has 0 aliphatic heterocycles. The first-order chi connectivity index (χ1) is 15.0. The fourth-order valence-electron chi connectivity index (χ4n) is 3.07. The van der Waals surface area contributed by atoms with Crippen molar-refractivity contribution >= 4 is 56.2 Å². The van der Waals surface area contributed by atoms with Crippen molar-refractivity contribution in [3.05, 3.63) is 63.1 Å². The molecule has 4 rings (SSSR count). The van der Waals surface area contributed by atoms with Crippen LogP contribution < -0.4 is 10.9 Å². The predicted molar refractivity (Wildman–Crippen MR) is 128 cm³/mol. The van der Waals surface area contributed by atoms with Crippen molar-refractivity contribution < 1.29 is 4.79 Å². The topological polar surface area (TPSA) is 87.8 Å². The number of rotatable bonds is 6. The Morgan fingerprint density at radius 1 is 1.29 bits per heavy atom. The zero-order valence-corrected chi connectivity index (χ0v) is 19.2. The van der Waals surface area contributed by atoms with Gasteiger partial charge in [-0.15, -0.1) is 22.7 Å². The Labute approximate surface area is 191 Å². The van der Waals surface area contributed by atoms with E-state index in [0.29, 0.717) is 33.2 Å². The molecule has 0 aliphatic carbocycles. The lowest BCUT2D eigenvalue weighted by molar-refractivity contribution is -0.115. The number of anilines is 1. The van der Waals surface area contributed by atoms with Gasteiger partial charge in [-0.2, -0.15) is 5.26 Å². The van der Waals surface area contributed by atoms with Gasteiger partial charge in [0.25, 0.3) is 5.56 Å². The van der Waals surface area contributed by atoms with E-state index in [4.69, 9.17) is 10.2 Å². The van der Waals surface area contributed by atoms with Crippen LogP contribution >= 0.6 is 34.4 Å². The standard InChI is InChI=1S/C22H18N4O2S3/c1-3-26-21(28)18-16(17-5-4-10-29-17)12-30-20(18)25-22(26)31-13(2)19(27)24-15-8-6-14(11-23)7-9-15/h4-10,12-13H,3H2,1-2H3,(H,24,27). The van der Waals surface area contributed by atoms with Crippen molar-refractivity contribution in [1.29, 1.82) is 5.26 Å². The highest BCUT2D eigenvalue weighted by Gasteiger charge is 2.21. The number of nitrogens with zero attached hydrogens (tertiary/aromatic N) is 3. The lowest BCUT2D eigenvalue weighted by Gasteiger charge is -2.15. The van der Waals surface area contributed by atoms with E-state index < -0.39 is 5.25 Å². The third-order valence-corrected chi connectivity index (χ3v) is 7.56. The summed E-state index contributed by atoms with van der Waals surface area (Å²) in [7, 11) is 0. The van der Waals surface area contributed by atoms with Gasteiger partial charge in [-0.1, -0.05) is 17.8 Å². The third kappa shape index (κ3) is 4.28. The first-order valence-corrected chi connectivity index (χ1v) is 12.2. The Morgan fingerprint density at radius 3 is 2.71 bits per heavy atom. The van der Waals surface area contributed by atoms with Gasteiger partial charge in [-0.25, -0.2) is 4.98 Å². The zero-order valence-electron chi connectivity index (χ0n) is 16.8. The van der Waals surface area contributed by atoms with E-state index in [1.54, 1.807) is 47.1 Å². The minimum Gasteiger partial charge on any atom is -0.325 e. The molecule has 1 amide bonds. The van der Waals surface area contributed by atoms with Crippen LogP contribution in [0.2, 0.25) is 0 Å². The maximum absolute atomic E-state index is 13.3. The van der Waals surface area contributed by atoms with E-state index in [2.05, 4.69) is 11.4 Å². The molecule has 1 N–H and O–H groups in total. The number of thioether (sulfide) groups is 1. The minimum absolute atomic E-state index is 0.0839. The molecule has 1 aromatic carbocycles. The number of carbonyl (C=O) groups is 1. The van der Waals surface area contributed by atoms with Crippen LogP contribution in [0.15, 0.2) is 57.1 Å². The molecule has 6 nitrogen and oxygen atoms in total. The Hall–Kier alpha value is -2.93. The smallest absolute Gasteiger partial charge is 0.263 e. The summed E-state index contributed by atoms with van der Waals surface area (Å²) < 4.78 is 1.63. The fraction of sp³-hybridized carbons (Fsp3) is 0.182. The fourth-order valence-corrected chi connectivity index (χ4v) is 5.85. The Bertz CT molecular complexity index is 1330. The van der Waals surface area contributed by atoms with Crippen molar-refractivity contribution in [2.45, 2.75) is 30.8 Å². The van der Waals surface area contributed by atoms with Gasteiger partial charge >= 0.3 is 0 Å². The summed E-state index contributed by atoms with van der Waals surface area (Å²) in [4.78, 5) is 32.4. The van der Waals surface area contributed by atoms with Gasteiger partial charge in [0.1, 0.15) is 4.83 Å². The Balaban J connectivity index is 1.61. The van der Waals surface area contributed by atoms with Crippen LogP contribution in [0.4, 0.5) is 5.69 Å². The maximum atomic E-state index is 13.3. The molecule has 1 unspecified atom stereocenters. The second-order valence-corrected chi connectivity index (χ2v) is 9.80. The molecule has 0 saturated carbocycles. The molecule has 0 radical (unpaired) electrons. The largest absolute Gasteiger partial charge is 0.325 e. The summed E-state index contributed by atoms with van der Waals surface area (Å²) in [6.07, 6.45) is 0. The average molecular weight is 467 g/mol. The predicted octanol–water partition coefficient (Wildman–Crippen LogP) is 5.20. The first kappa shape index (κ1) is 21.3. The summed E-state index contributed by atoms with van der Waals surface area (Å²) >= 11 is 4.30. The van der Waals surface area contributed by atoms with E-state index in [-0.39, 0.29) is 11.5 Å². The molecular weight excluding hydrogens is 448 g/mol. The lowest BCUT2D eigenvalue weighted by atomic mass is 10.2. The molecule has 3 heterocycles. The molecule has 31 heavy (non-hydrogen) atoms. The maximum Gasteiger partial charge on any atom is 0.263 e. The highest BCUT2D eigenvalue weighted by molar-refractivity contribution is 8.00. The van der Waals surface area contributed by atoms with E-state index >= 15 is 0 Å².